The van der Waals surface area contributed by atoms with Crippen LogP contribution in [-0.2, 0) is 16.4 Å². The van der Waals surface area contributed by atoms with E-state index in [1.54, 1.807) is 16.1 Å². The number of nitrogens with one attached hydrogen (secondary N) is 1. The van der Waals surface area contributed by atoms with E-state index in [2.05, 4.69) is 29.2 Å². The normalized spacial score (nSPS) is 11.9. The van der Waals surface area contributed by atoms with Gasteiger partial charge < -0.3 is 4.98 Å². The number of fused-ring (bicyclic) bond motifs is 2. The number of aryl methyl sites for hydroxylation is 2. The highest BCUT2D eigenvalue weighted by atomic mass is 32.2. The molecule has 2 heterocycles. The SMILES string of the molecule is Cc1ccc(S(=O)(=O)n2c(Cc3c(-c4ccccc4)[nH]c4ccccc34)c(C)c3ccccc32)cc1. The summed E-state index contributed by atoms with van der Waals surface area (Å²) in [5, 5.41) is 2.05. The summed E-state index contributed by atoms with van der Waals surface area (Å²) in [7, 11) is -3.82. The molecule has 0 amide bonds. The third-order valence-electron chi connectivity index (χ3n) is 6.98. The zero-order chi connectivity index (χ0) is 24.9. The molecule has 2 aromatic heterocycles. The number of rotatable bonds is 5. The van der Waals surface area contributed by atoms with Crippen molar-refractivity contribution in [3.63, 3.8) is 0 Å². The maximum absolute atomic E-state index is 14.1. The van der Waals surface area contributed by atoms with Crippen LogP contribution in [0, 0.1) is 13.8 Å². The van der Waals surface area contributed by atoms with E-state index < -0.39 is 10.0 Å². The summed E-state index contributed by atoms with van der Waals surface area (Å²) in [4.78, 5) is 3.88. The quantitative estimate of drug-likeness (QED) is 0.277. The summed E-state index contributed by atoms with van der Waals surface area (Å²) < 4.78 is 29.7. The highest BCUT2D eigenvalue weighted by molar-refractivity contribution is 7.90. The Morgan fingerprint density at radius 1 is 0.722 bits per heavy atom. The standard InChI is InChI=1S/C31H26N2O2S/c1-21-16-18-24(19-17-21)36(34,35)33-29-15-9-7-12-25(29)22(2)30(33)20-27-26-13-6-8-14-28(26)32-31(27)23-10-4-3-5-11-23/h3-19,32H,20H2,1-2H3. The summed E-state index contributed by atoms with van der Waals surface area (Å²) in [6.07, 6.45) is 0.472. The van der Waals surface area contributed by atoms with Gasteiger partial charge in [-0.2, -0.15) is 0 Å². The fourth-order valence-corrected chi connectivity index (χ4v) is 6.72. The minimum absolute atomic E-state index is 0.289. The maximum Gasteiger partial charge on any atom is 0.268 e. The molecule has 0 aliphatic carbocycles. The second-order valence-corrected chi connectivity index (χ2v) is 11.0. The van der Waals surface area contributed by atoms with Crippen molar-refractivity contribution in [3.05, 3.63) is 126 Å². The molecule has 0 unspecified atom stereocenters. The molecule has 6 aromatic rings. The van der Waals surface area contributed by atoms with Crippen LogP contribution in [0.1, 0.15) is 22.4 Å². The molecule has 0 fully saturated rings. The first-order valence-corrected chi connectivity index (χ1v) is 13.5. The van der Waals surface area contributed by atoms with Gasteiger partial charge in [0, 0.05) is 28.4 Å². The predicted octanol–water partition coefficient (Wildman–Crippen LogP) is 7.23. The number of hydrogen-bond donors (Lipinski definition) is 1. The van der Waals surface area contributed by atoms with E-state index in [9.17, 15) is 8.42 Å². The third kappa shape index (κ3) is 3.55. The van der Waals surface area contributed by atoms with E-state index in [1.165, 1.54) is 0 Å². The van der Waals surface area contributed by atoms with Crippen LogP contribution >= 0.6 is 0 Å². The zero-order valence-electron chi connectivity index (χ0n) is 20.2. The Morgan fingerprint density at radius 2 is 1.36 bits per heavy atom. The fraction of sp³-hybridized carbons (Fsp3) is 0.0968. The number of hydrogen-bond acceptors (Lipinski definition) is 2. The number of para-hydroxylation sites is 2. The van der Waals surface area contributed by atoms with Crippen LogP contribution < -0.4 is 0 Å². The number of aromatic nitrogens is 2. The van der Waals surface area contributed by atoms with Crippen LogP contribution in [0.5, 0.6) is 0 Å². The van der Waals surface area contributed by atoms with Gasteiger partial charge in [0.2, 0.25) is 0 Å². The van der Waals surface area contributed by atoms with Crippen LogP contribution in [0.15, 0.2) is 108 Å². The van der Waals surface area contributed by atoms with Gasteiger partial charge in [-0.3, -0.25) is 0 Å². The minimum atomic E-state index is -3.82. The Hall–Kier alpha value is -4.09. The molecular formula is C31H26N2O2S. The molecule has 4 aromatic carbocycles. The van der Waals surface area contributed by atoms with E-state index in [4.69, 9.17) is 0 Å². The first kappa shape index (κ1) is 22.4. The van der Waals surface area contributed by atoms with Gasteiger partial charge in [0.05, 0.1) is 16.1 Å². The van der Waals surface area contributed by atoms with E-state index in [0.717, 1.165) is 49.9 Å². The van der Waals surface area contributed by atoms with Gasteiger partial charge in [-0.15, -0.1) is 0 Å². The van der Waals surface area contributed by atoms with Gasteiger partial charge in [0.1, 0.15) is 0 Å². The van der Waals surface area contributed by atoms with Crippen LogP contribution in [0.3, 0.4) is 0 Å². The topological polar surface area (TPSA) is 54.9 Å². The average molecular weight is 491 g/mol. The first-order chi connectivity index (χ1) is 17.4. The molecule has 0 aliphatic rings. The summed E-state index contributed by atoms with van der Waals surface area (Å²) in [6, 6.07) is 33.3. The Labute approximate surface area is 210 Å². The summed E-state index contributed by atoms with van der Waals surface area (Å²) in [6.45, 7) is 3.98. The second-order valence-electron chi connectivity index (χ2n) is 9.24. The molecule has 1 N–H and O–H groups in total. The highest BCUT2D eigenvalue weighted by Gasteiger charge is 2.27. The first-order valence-electron chi connectivity index (χ1n) is 12.0. The van der Waals surface area contributed by atoms with Crippen molar-refractivity contribution in [2.45, 2.75) is 25.2 Å². The molecule has 36 heavy (non-hydrogen) atoms. The van der Waals surface area contributed by atoms with E-state index in [-0.39, 0.29) is 4.90 Å². The van der Waals surface area contributed by atoms with Gasteiger partial charge in [-0.25, -0.2) is 12.4 Å². The van der Waals surface area contributed by atoms with Crippen LogP contribution in [0.2, 0.25) is 0 Å². The van der Waals surface area contributed by atoms with Gasteiger partial charge in [0.25, 0.3) is 10.0 Å². The van der Waals surface area contributed by atoms with E-state index >= 15 is 0 Å². The Morgan fingerprint density at radius 3 is 2.11 bits per heavy atom. The maximum atomic E-state index is 14.1. The molecule has 0 atom stereocenters. The molecule has 0 radical (unpaired) electrons. The molecule has 0 saturated heterocycles. The van der Waals surface area contributed by atoms with Crippen molar-refractivity contribution in [3.8, 4) is 11.3 Å². The molecule has 5 heteroatoms. The Kier molecular flexibility index (Phi) is 5.31. The van der Waals surface area contributed by atoms with E-state index in [1.807, 2.05) is 80.6 Å². The van der Waals surface area contributed by atoms with Crippen molar-refractivity contribution >= 4 is 31.8 Å². The minimum Gasteiger partial charge on any atom is -0.354 e. The molecular weight excluding hydrogens is 464 g/mol. The van der Waals surface area contributed by atoms with Crippen molar-refractivity contribution < 1.29 is 8.42 Å². The molecule has 0 spiro atoms. The van der Waals surface area contributed by atoms with Gasteiger partial charge in [0.15, 0.2) is 0 Å². The zero-order valence-corrected chi connectivity index (χ0v) is 21.0. The van der Waals surface area contributed by atoms with Crippen molar-refractivity contribution in [1.82, 2.24) is 8.96 Å². The molecule has 0 saturated carbocycles. The van der Waals surface area contributed by atoms with E-state index in [0.29, 0.717) is 11.9 Å². The lowest BCUT2D eigenvalue weighted by molar-refractivity contribution is 0.587. The van der Waals surface area contributed by atoms with Crippen molar-refractivity contribution in [2.24, 2.45) is 0 Å². The second kappa shape index (κ2) is 8.54. The van der Waals surface area contributed by atoms with Crippen molar-refractivity contribution in [2.75, 3.05) is 0 Å². The van der Waals surface area contributed by atoms with Crippen LogP contribution in [0.4, 0.5) is 0 Å². The van der Waals surface area contributed by atoms with Gasteiger partial charge >= 0.3 is 0 Å². The highest BCUT2D eigenvalue weighted by Crippen LogP contribution is 2.36. The number of aromatic amines is 1. The van der Waals surface area contributed by atoms with Crippen LogP contribution in [0.25, 0.3) is 33.1 Å². The molecule has 6 rings (SSSR count). The summed E-state index contributed by atoms with van der Waals surface area (Å²) in [5.74, 6) is 0. The lowest BCUT2D eigenvalue weighted by Crippen LogP contribution is -2.16. The Balaban J connectivity index is 1.63. The number of benzene rings is 4. The Bertz CT molecular complexity index is 1830. The lowest BCUT2D eigenvalue weighted by Gasteiger charge is -2.14. The molecule has 4 nitrogen and oxygen atoms in total. The van der Waals surface area contributed by atoms with Crippen molar-refractivity contribution in [1.29, 1.82) is 0 Å². The smallest absolute Gasteiger partial charge is 0.268 e. The fourth-order valence-electron chi connectivity index (χ4n) is 5.12. The van der Waals surface area contributed by atoms with Gasteiger partial charge in [-0.1, -0.05) is 84.4 Å². The molecule has 0 aliphatic heterocycles. The summed E-state index contributed by atoms with van der Waals surface area (Å²) in [5.41, 5.74) is 7.69. The third-order valence-corrected chi connectivity index (χ3v) is 8.75. The predicted molar refractivity (Wildman–Crippen MR) is 147 cm³/mol. The lowest BCUT2D eigenvalue weighted by atomic mass is 9.99. The molecule has 0 bridgehead atoms. The molecule has 178 valence electrons. The largest absolute Gasteiger partial charge is 0.354 e. The number of H-pyrrole nitrogens is 1. The summed E-state index contributed by atoms with van der Waals surface area (Å²) >= 11 is 0. The average Bonchev–Trinajstić information content (AvgIpc) is 3.41. The van der Waals surface area contributed by atoms with Gasteiger partial charge in [-0.05, 0) is 54.8 Å². The number of nitrogens with zero attached hydrogens (tertiary/aromatic N) is 1. The monoisotopic (exact) mass is 490 g/mol. The van der Waals surface area contributed by atoms with Crippen LogP contribution in [-0.4, -0.2) is 17.4 Å².